The molecule has 5 rings (SSSR count). The van der Waals surface area contributed by atoms with Gasteiger partial charge in [-0.15, -0.1) is 0 Å². The van der Waals surface area contributed by atoms with Crippen molar-refractivity contribution in [3.05, 3.63) is 66.0 Å². The van der Waals surface area contributed by atoms with Crippen LogP contribution in [0, 0.1) is 17.8 Å². The molecular formula is C24H27N3O. The van der Waals surface area contributed by atoms with E-state index in [9.17, 15) is 4.79 Å². The monoisotopic (exact) mass is 373 g/mol. The zero-order valence-electron chi connectivity index (χ0n) is 16.3. The lowest BCUT2D eigenvalue weighted by Crippen LogP contribution is -2.33. The number of imidazole rings is 1. The number of carbonyl (C=O) groups is 1. The third kappa shape index (κ3) is 3.11. The summed E-state index contributed by atoms with van der Waals surface area (Å²) in [5.74, 6) is 3.23. The Kier molecular flexibility index (Phi) is 4.42. The summed E-state index contributed by atoms with van der Waals surface area (Å²) in [6.45, 7) is 0. The van der Waals surface area contributed by atoms with Gasteiger partial charge in [0.15, 0.2) is 0 Å². The number of aromatic nitrogens is 2. The number of aryl methyl sites for hydroxylation is 1. The smallest absolute Gasteiger partial charge is 0.221 e. The van der Waals surface area contributed by atoms with Crippen LogP contribution in [0.15, 0.2) is 54.6 Å². The van der Waals surface area contributed by atoms with E-state index < -0.39 is 0 Å². The van der Waals surface area contributed by atoms with E-state index in [1.807, 2.05) is 43.4 Å². The number of amides is 1. The zero-order valence-corrected chi connectivity index (χ0v) is 16.3. The molecule has 28 heavy (non-hydrogen) atoms. The van der Waals surface area contributed by atoms with Gasteiger partial charge in [0, 0.05) is 13.5 Å². The number of nitrogens with zero attached hydrogens (tertiary/aromatic N) is 2. The number of rotatable bonds is 5. The van der Waals surface area contributed by atoms with Crippen molar-refractivity contribution < 1.29 is 4.79 Å². The third-order valence-electron chi connectivity index (χ3n) is 6.85. The van der Waals surface area contributed by atoms with E-state index in [0.29, 0.717) is 12.3 Å². The van der Waals surface area contributed by atoms with Gasteiger partial charge in [0.05, 0.1) is 11.0 Å². The van der Waals surface area contributed by atoms with Crippen molar-refractivity contribution in [3.8, 4) is 0 Å². The lowest BCUT2D eigenvalue weighted by molar-refractivity contribution is -0.123. The van der Waals surface area contributed by atoms with Crippen molar-refractivity contribution in [1.29, 1.82) is 0 Å². The predicted octanol–water partition coefficient (Wildman–Crippen LogP) is 4.61. The maximum absolute atomic E-state index is 13.0. The van der Waals surface area contributed by atoms with E-state index in [1.165, 1.54) is 25.7 Å². The molecule has 2 saturated carbocycles. The van der Waals surface area contributed by atoms with Gasteiger partial charge in [0.25, 0.3) is 0 Å². The molecule has 0 aliphatic heterocycles. The second-order valence-electron chi connectivity index (χ2n) is 8.57. The quantitative estimate of drug-likeness (QED) is 0.710. The van der Waals surface area contributed by atoms with Crippen molar-refractivity contribution in [1.82, 2.24) is 14.9 Å². The number of carbonyl (C=O) groups excluding carboxylic acids is 1. The summed E-state index contributed by atoms with van der Waals surface area (Å²) >= 11 is 0. The van der Waals surface area contributed by atoms with Crippen LogP contribution < -0.4 is 5.32 Å². The minimum Gasteiger partial charge on any atom is -0.342 e. The Balaban J connectivity index is 1.43. The lowest BCUT2D eigenvalue weighted by atomic mass is 9.86. The molecule has 0 radical (unpaired) electrons. The zero-order chi connectivity index (χ0) is 19.1. The number of hydrogen-bond acceptors (Lipinski definition) is 2. The van der Waals surface area contributed by atoms with Crippen molar-refractivity contribution in [2.24, 2.45) is 24.8 Å². The first kappa shape index (κ1) is 17.5. The topological polar surface area (TPSA) is 46.9 Å². The van der Waals surface area contributed by atoms with Gasteiger partial charge in [-0.25, -0.2) is 4.98 Å². The molecule has 4 atom stereocenters. The van der Waals surface area contributed by atoms with E-state index in [-0.39, 0.29) is 11.9 Å². The van der Waals surface area contributed by atoms with Gasteiger partial charge in [-0.2, -0.15) is 0 Å². The van der Waals surface area contributed by atoms with Crippen molar-refractivity contribution in [3.63, 3.8) is 0 Å². The second-order valence-corrected chi connectivity index (χ2v) is 8.57. The Labute approximate surface area is 166 Å². The number of nitrogens with one attached hydrogen (secondary N) is 1. The van der Waals surface area contributed by atoms with Crippen molar-refractivity contribution >= 4 is 16.9 Å². The van der Waals surface area contributed by atoms with Gasteiger partial charge in [0.1, 0.15) is 11.9 Å². The highest BCUT2D eigenvalue weighted by atomic mass is 16.1. The van der Waals surface area contributed by atoms with Crippen LogP contribution in [0.2, 0.25) is 0 Å². The Morgan fingerprint density at radius 2 is 1.89 bits per heavy atom. The van der Waals surface area contributed by atoms with Crippen LogP contribution in [0.1, 0.15) is 49.5 Å². The maximum Gasteiger partial charge on any atom is 0.221 e. The second kappa shape index (κ2) is 7.08. The van der Waals surface area contributed by atoms with Crippen LogP contribution in [0.25, 0.3) is 11.0 Å². The summed E-state index contributed by atoms with van der Waals surface area (Å²) in [4.78, 5) is 17.9. The molecule has 3 aromatic rings. The number of benzene rings is 2. The van der Waals surface area contributed by atoms with Crippen molar-refractivity contribution in [2.45, 2.75) is 38.1 Å². The molecule has 1 N–H and O–H groups in total. The molecule has 2 aromatic carbocycles. The molecule has 1 heterocycles. The fourth-order valence-electron chi connectivity index (χ4n) is 5.45. The van der Waals surface area contributed by atoms with Gasteiger partial charge in [-0.3, -0.25) is 4.79 Å². The van der Waals surface area contributed by atoms with E-state index in [1.54, 1.807) is 0 Å². The first-order valence-corrected chi connectivity index (χ1v) is 10.4. The van der Waals surface area contributed by atoms with Gasteiger partial charge in [-0.1, -0.05) is 48.9 Å². The van der Waals surface area contributed by atoms with Gasteiger partial charge in [0.2, 0.25) is 5.91 Å². The van der Waals surface area contributed by atoms with E-state index >= 15 is 0 Å². The van der Waals surface area contributed by atoms with Crippen LogP contribution in [0.3, 0.4) is 0 Å². The molecule has 0 spiro atoms. The molecular weight excluding hydrogens is 346 g/mol. The minimum absolute atomic E-state index is 0.151. The van der Waals surface area contributed by atoms with Crippen LogP contribution >= 0.6 is 0 Å². The summed E-state index contributed by atoms with van der Waals surface area (Å²) in [6, 6.07) is 18.1. The Hall–Kier alpha value is -2.62. The fourth-order valence-corrected chi connectivity index (χ4v) is 5.45. The molecule has 4 heteroatoms. The van der Waals surface area contributed by atoms with Crippen LogP contribution in [-0.2, 0) is 11.8 Å². The van der Waals surface area contributed by atoms with E-state index in [2.05, 4.69) is 28.1 Å². The number of hydrogen-bond donors (Lipinski definition) is 1. The summed E-state index contributed by atoms with van der Waals surface area (Å²) < 4.78 is 2.10. The lowest BCUT2D eigenvalue weighted by Gasteiger charge is -2.24. The SMILES string of the molecule is Cn1c(C(NC(=O)CC2CC3CCC2C3)c2ccccc2)nc2ccccc21. The predicted molar refractivity (Wildman–Crippen MR) is 111 cm³/mol. The van der Waals surface area contributed by atoms with Crippen LogP contribution in [0.5, 0.6) is 0 Å². The summed E-state index contributed by atoms with van der Waals surface area (Å²) in [6.07, 6.45) is 5.91. The molecule has 4 nitrogen and oxygen atoms in total. The molecule has 4 unspecified atom stereocenters. The van der Waals surface area contributed by atoms with Crippen LogP contribution in [0.4, 0.5) is 0 Å². The normalized spacial score (nSPS) is 24.5. The maximum atomic E-state index is 13.0. The highest BCUT2D eigenvalue weighted by Gasteiger charge is 2.40. The number of fused-ring (bicyclic) bond motifs is 3. The standard InChI is InChI=1S/C24H27N3O/c1-27-21-10-6-5-9-20(21)25-24(27)23(17-7-3-2-4-8-17)26-22(28)15-19-14-16-11-12-18(19)13-16/h2-10,16,18-19,23H,11-15H2,1H3,(H,26,28). The summed E-state index contributed by atoms with van der Waals surface area (Å²) in [7, 11) is 2.03. The fraction of sp³-hybridized carbons (Fsp3) is 0.417. The van der Waals surface area contributed by atoms with E-state index in [4.69, 9.17) is 4.98 Å². The molecule has 2 aliphatic carbocycles. The van der Waals surface area contributed by atoms with Crippen molar-refractivity contribution in [2.75, 3.05) is 0 Å². The molecule has 1 amide bonds. The summed E-state index contributed by atoms with van der Waals surface area (Å²) in [5.41, 5.74) is 3.12. The molecule has 2 fully saturated rings. The largest absolute Gasteiger partial charge is 0.342 e. The average molecular weight is 374 g/mol. The van der Waals surface area contributed by atoms with Gasteiger partial charge >= 0.3 is 0 Å². The van der Waals surface area contributed by atoms with Crippen LogP contribution in [-0.4, -0.2) is 15.5 Å². The molecule has 144 valence electrons. The first-order valence-electron chi connectivity index (χ1n) is 10.4. The Morgan fingerprint density at radius 3 is 2.61 bits per heavy atom. The first-order chi connectivity index (χ1) is 13.7. The number of para-hydroxylation sites is 2. The minimum atomic E-state index is -0.232. The molecule has 2 aliphatic rings. The summed E-state index contributed by atoms with van der Waals surface area (Å²) in [5, 5.41) is 3.32. The van der Waals surface area contributed by atoms with Gasteiger partial charge < -0.3 is 9.88 Å². The highest BCUT2D eigenvalue weighted by molar-refractivity contribution is 5.79. The Morgan fingerprint density at radius 1 is 1.11 bits per heavy atom. The molecule has 2 bridgehead atoms. The molecule has 0 saturated heterocycles. The average Bonchev–Trinajstić information content (AvgIpc) is 3.42. The van der Waals surface area contributed by atoms with Gasteiger partial charge in [-0.05, 0) is 54.7 Å². The third-order valence-corrected chi connectivity index (χ3v) is 6.85. The van der Waals surface area contributed by atoms with E-state index in [0.717, 1.165) is 34.3 Å². The highest BCUT2D eigenvalue weighted by Crippen LogP contribution is 2.49. The Bertz CT molecular complexity index is 994. The molecule has 1 aromatic heterocycles.